The van der Waals surface area contributed by atoms with Gasteiger partial charge in [-0.05, 0) is 61.0 Å². The Balaban J connectivity index is 1.66. The fourth-order valence-electron chi connectivity index (χ4n) is 5.14. The van der Waals surface area contributed by atoms with Crippen LogP contribution in [-0.2, 0) is 24.0 Å². The summed E-state index contributed by atoms with van der Waals surface area (Å²) >= 11 is 6.21. The van der Waals surface area contributed by atoms with Crippen molar-refractivity contribution in [2.45, 2.75) is 63.2 Å². The van der Waals surface area contributed by atoms with Gasteiger partial charge in [-0.3, -0.25) is 24.0 Å². The molecule has 1 aromatic carbocycles. The first kappa shape index (κ1) is 29.8. The maximum absolute atomic E-state index is 13.5. The van der Waals surface area contributed by atoms with Gasteiger partial charge in [-0.25, -0.2) is 0 Å². The van der Waals surface area contributed by atoms with Gasteiger partial charge in [0.2, 0.25) is 17.7 Å². The van der Waals surface area contributed by atoms with E-state index in [-0.39, 0.29) is 25.2 Å². The van der Waals surface area contributed by atoms with Gasteiger partial charge in [0.15, 0.2) is 0 Å². The lowest BCUT2D eigenvalue weighted by molar-refractivity contribution is -0.139. The Bertz CT molecular complexity index is 1390. The average molecular weight is 581 g/mol. The van der Waals surface area contributed by atoms with Gasteiger partial charge in [0.1, 0.15) is 6.04 Å². The molecule has 13 heteroatoms. The molecule has 3 amide bonds. The van der Waals surface area contributed by atoms with E-state index in [1.165, 1.54) is 4.81 Å². The number of carbonyl (C=O) groups is 5. The summed E-state index contributed by atoms with van der Waals surface area (Å²) in [6.07, 6.45) is 6.91. The number of carbonyl (C=O) groups excluding carboxylic acids is 3. The summed E-state index contributed by atoms with van der Waals surface area (Å²) in [5, 5.41) is 21.6. The molecule has 214 valence electrons. The van der Waals surface area contributed by atoms with Gasteiger partial charge < -0.3 is 31.0 Å². The first-order chi connectivity index (χ1) is 19.5. The number of carboxylic acids is 2. The molecule has 0 radical (unpaired) electrons. The molecule has 1 aromatic rings. The van der Waals surface area contributed by atoms with Crippen LogP contribution in [0.5, 0.6) is 0 Å². The summed E-state index contributed by atoms with van der Waals surface area (Å²) in [5.41, 5.74) is 9.31. The third-order valence-corrected chi connectivity index (χ3v) is 7.56. The maximum Gasteiger partial charge on any atom is 0.414 e. The van der Waals surface area contributed by atoms with Crippen LogP contribution in [-0.4, -0.2) is 63.4 Å². The second kappa shape index (κ2) is 13.0. The summed E-state index contributed by atoms with van der Waals surface area (Å²) in [6.45, 7) is -1.06. The molecule has 11 nitrogen and oxygen atoms in total. The number of benzene rings is 1. The minimum atomic E-state index is -1.29. The highest BCUT2D eigenvalue weighted by molar-refractivity contribution is 6.66. The lowest BCUT2D eigenvalue weighted by Crippen LogP contribution is -2.52. The molecular weight excluding hydrogens is 551 g/mol. The van der Waals surface area contributed by atoms with E-state index < -0.39 is 55.4 Å². The lowest BCUT2D eigenvalue weighted by Gasteiger charge is -2.32. The number of hydrogen-bond donors (Lipinski definition) is 4. The van der Waals surface area contributed by atoms with Crippen LogP contribution in [0.3, 0.4) is 0 Å². The number of allylic oxidation sites excluding steroid dienone is 6. The average Bonchev–Trinajstić information content (AvgIpc) is 3.31. The van der Waals surface area contributed by atoms with Gasteiger partial charge >= 0.3 is 18.9 Å². The van der Waals surface area contributed by atoms with Crippen molar-refractivity contribution in [3.63, 3.8) is 0 Å². The number of rotatable bonds is 12. The van der Waals surface area contributed by atoms with Crippen LogP contribution in [0.15, 0.2) is 58.1 Å². The lowest BCUT2D eigenvalue weighted by atomic mass is 9.57. The molecule has 41 heavy (non-hydrogen) atoms. The van der Waals surface area contributed by atoms with Gasteiger partial charge in [-0.1, -0.05) is 41.9 Å². The third-order valence-electron chi connectivity index (χ3n) is 7.26. The number of aliphatic carboxylic acids is 2. The number of nitrogens with one attached hydrogen (secondary N) is 1. The Morgan fingerprint density at radius 1 is 1.00 bits per heavy atom. The fraction of sp³-hybridized carbons (Fsp3) is 0.357. The first-order valence-electron chi connectivity index (χ1n) is 13.3. The van der Waals surface area contributed by atoms with Crippen molar-refractivity contribution in [2.24, 2.45) is 10.6 Å². The van der Waals surface area contributed by atoms with Crippen LogP contribution in [0.1, 0.15) is 62.5 Å². The molecule has 0 bridgehead atoms. The van der Waals surface area contributed by atoms with Crippen LogP contribution in [0.2, 0.25) is 5.82 Å². The highest BCUT2D eigenvalue weighted by atomic mass is 35.5. The molecule has 1 fully saturated rings. The van der Waals surface area contributed by atoms with E-state index >= 15 is 0 Å². The SMILES string of the molecule is NC(=O)[C@H](CCC(=O)O)NC(=O)C(CCC(=O)O)B1N=C(c2ccc(C3=CCCC(Cl)=C3)cc2)C=C2CCC(=O)N12. The summed E-state index contributed by atoms with van der Waals surface area (Å²) in [7, 11) is 0. The van der Waals surface area contributed by atoms with Gasteiger partial charge in [-0.15, -0.1) is 0 Å². The number of nitrogens with two attached hydrogens (primary N) is 1. The van der Waals surface area contributed by atoms with E-state index in [1.54, 1.807) is 6.08 Å². The van der Waals surface area contributed by atoms with Crippen LogP contribution in [0, 0.1) is 0 Å². The largest absolute Gasteiger partial charge is 0.481 e. The van der Waals surface area contributed by atoms with Crippen molar-refractivity contribution >= 4 is 59.5 Å². The molecule has 2 heterocycles. The minimum Gasteiger partial charge on any atom is -0.481 e. The smallest absolute Gasteiger partial charge is 0.414 e. The molecule has 5 N–H and O–H groups in total. The number of halogens is 1. The van der Waals surface area contributed by atoms with E-state index in [2.05, 4.69) is 11.4 Å². The number of hydrogen-bond acceptors (Lipinski definition) is 6. The molecule has 0 spiro atoms. The second-order valence-electron chi connectivity index (χ2n) is 10.1. The fourth-order valence-corrected chi connectivity index (χ4v) is 5.37. The second-order valence-corrected chi connectivity index (χ2v) is 10.6. The van der Waals surface area contributed by atoms with Crippen LogP contribution in [0.4, 0.5) is 0 Å². The first-order valence-corrected chi connectivity index (χ1v) is 13.7. The quantitative estimate of drug-likeness (QED) is 0.274. The molecular formula is C28H30BClN4O7. The number of primary amides is 1. The normalized spacial score (nSPS) is 17.9. The monoisotopic (exact) mass is 580 g/mol. The van der Waals surface area contributed by atoms with E-state index in [0.717, 1.165) is 34.6 Å². The molecule has 0 aromatic heterocycles. The van der Waals surface area contributed by atoms with Crippen LogP contribution < -0.4 is 11.1 Å². The predicted molar refractivity (Wildman–Crippen MR) is 153 cm³/mol. The van der Waals surface area contributed by atoms with Crippen molar-refractivity contribution in [3.05, 3.63) is 64.3 Å². The Kier molecular flexibility index (Phi) is 9.44. The number of amides is 3. The summed E-state index contributed by atoms with van der Waals surface area (Å²) < 4.78 is 0. The Labute approximate surface area is 241 Å². The number of fused-ring (bicyclic) bond motifs is 1. The molecule has 1 saturated heterocycles. The van der Waals surface area contributed by atoms with E-state index in [9.17, 15) is 29.1 Å². The Morgan fingerprint density at radius 3 is 2.29 bits per heavy atom. The molecule has 2 atom stereocenters. The van der Waals surface area contributed by atoms with Crippen LogP contribution >= 0.6 is 11.6 Å². The van der Waals surface area contributed by atoms with E-state index in [4.69, 9.17) is 27.3 Å². The van der Waals surface area contributed by atoms with Crippen molar-refractivity contribution in [1.29, 1.82) is 0 Å². The highest BCUT2D eigenvalue weighted by Crippen LogP contribution is 2.35. The molecule has 4 rings (SSSR count). The zero-order chi connectivity index (χ0) is 29.7. The van der Waals surface area contributed by atoms with Gasteiger partial charge in [0, 0.05) is 30.0 Å². The summed E-state index contributed by atoms with van der Waals surface area (Å²) in [6, 6.07) is 6.35. The Morgan fingerprint density at radius 2 is 1.66 bits per heavy atom. The number of nitrogens with zero attached hydrogens (tertiary/aromatic N) is 2. The maximum atomic E-state index is 13.5. The molecule has 1 aliphatic carbocycles. The highest BCUT2D eigenvalue weighted by Gasteiger charge is 2.46. The zero-order valence-electron chi connectivity index (χ0n) is 22.2. The zero-order valence-corrected chi connectivity index (χ0v) is 23.0. The summed E-state index contributed by atoms with van der Waals surface area (Å²) in [5.74, 6) is -5.37. The van der Waals surface area contributed by atoms with Crippen LogP contribution in [0.25, 0.3) is 5.57 Å². The van der Waals surface area contributed by atoms with Gasteiger partial charge in [0.05, 0.1) is 11.5 Å². The predicted octanol–water partition coefficient (Wildman–Crippen LogP) is 2.85. The Hall–Kier alpha value is -4.19. The van der Waals surface area contributed by atoms with Crippen molar-refractivity contribution in [2.75, 3.05) is 0 Å². The minimum absolute atomic E-state index is 0.176. The van der Waals surface area contributed by atoms with E-state index in [1.807, 2.05) is 30.3 Å². The molecule has 3 aliphatic rings. The van der Waals surface area contributed by atoms with Crippen molar-refractivity contribution in [3.8, 4) is 0 Å². The third kappa shape index (κ3) is 7.32. The van der Waals surface area contributed by atoms with Crippen molar-refractivity contribution < 1.29 is 34.2 Å². The van der Waals surface area contributed by atoms with Crippen molar-refractivity contribution in [1.82, 2.24) is 10.1 Å². The van der Waals surface area contributed by atoms with Gasteiger partial charge in [0.25, 0.3) is 0 Å². The van der Waals surface area contributed by atoms with E-state index in [0.29, 0.717) is 17.8 Å². The van der Waals surface area contributed by atoms with Gasteiger partial charge in [-0.2, -0.15) is 0 Å². The molecule has 1 unspecified atom stereocenters. The standard InChI is InChI=1S/C28H30BClN4O7/c30-19-3-1-2-18(14-19)16-4-6-17(7-5-16)23-15-20-8-11-24(35)34(20)29(33-23)21(9-12-25(36)37)28(41)32-22(27(31)40)10-13-26(38)39/h2,4-7,14-15,21-22H,1,3,8-13H2,(H2,31,40)(H,32,41)(H,36,37)(H,38,39)/t21?,22-/m0/s1. The molecule has 0 saturated carbocycles. The topological polar surface area (TPSA) is 179 Å². The molecule has 2 aliphatic heterocycles. The number of carboxylic acid groups (broad SMARTS) is 2. The summed E-state index contributed by atoms with van der Waals surface area (Å²) in [4.78, 5) is 67.0.